The second kappa shape index (κ2) is 6.51. The molecule has 6 nitrogen and oxygen atoms in total. The Hall–Kier alpha value is -2.63. The number of benzene rings is 1. The van der Waals surface area contributed by atoms with Crippen molar-refractivity contribution in [1.29, 1.82) is 0 Å². The van der Waals surface area contributed by atoms with Crippen molar-refractivity contribution in [2.24, 2.45) is 5.41 Å². The van der Waals surface area contributed by atoms with E-state index in [1.807, 2.05) is 24.3 Å². The van der Waals surface area contributed by atoms with Crippen LogP contribution in [0.4, 0.5) is 0 Å². The highest BCUT2D eigenvalue weighted by Crippen LogP contribution is 2.41. The molecule has 4 rings (SSSR count). The maximum absolute atomic E-state index is 13.4. The van der Waals surface area contributed by atoms with E-state index >= 15 is 0 Å². The van der Waals surface area contributed by atoms with Crippen LogP contribution in [0.5, 0.6) is 5.75 Å². The number of carboxylic acid groups (broad SMARTS) is 1. The molecule has 2 aliphatic rings. The van der Waals surface area contributed by atoms with E-state index in [0.717, 1.165) is 29.4 Å². The normalized spacial score (nSPS) is 22.7. The van der Waals surface area contributed by atoms with Crippen LogP contribution in [-0.4, -0.2) is 47.1 Å². The number of rotatable bonds is 4. The van der Waals surface area contributed by atoms with Gasteiger partial charge in [0.2, 0.25) is 0 Å². The molecule has 6 heteroatoms. The fourth-order valence-electron chi connectivity index (χ4n) is 3.88. The second-order valence-corrected chi connectivity index (χ2v) is 7.95. The van der Waals surface area contributed by atoms with Gasteiger partial charge in [-0.1, -0.05) is 0 Å². The van der Waals surface area contributed by atoms with Gasteiger partial charge in [-0.2, -0.15) is 0 Å². The number of carbonyl (C=O) groups excluding carboxylic acids is 1. The van der Waals surface area contributed by atoms with Gasteiger partial charge < -0.3 is 14.7 Å². The topological polar surface area (TPSA) is 79.7 Å². The number of carboxylic acids is 1. The number of nitrogens with zero attached hydrogens (tertiary/aromatic N) is 2. The molecule has 2 fully saturated rings. The first-order chi connectivity index (χ1) is 12.9. The number of hydrogen-bond acceptors (Lipinski definition) is 4. The number of carbonyl (C=O) groups is 2. The van der Waals surface area contributed by atoms with Crippen molar-refractivity contribution in [1.82, 2.24) is 9.88 Å². The van der Waals surface area contributed by atoms with Crippen molar-refractivity contribution < 1.29 is 19.4 Å². The molecule has 1 aliphatic carbocycles. The zero-order valence-electron chi connectivity index (χ0n) is 15.7. The molecule has 1 aromatic carbocycles. The molecule has 27 heavy (non-hydrogen) atoms. The highest BCUT2D eigenvalue weighted by Gasteiger charge is 2.40. The Morgan fingerprint density at radius 1 is 1.30 bits per heavy atom. The molecule has 1 atom stereocenters. The predicted molar refractivity (Wildman–Crippen MR) is 101 cm³/mol. The Bertz CT molecular complexity index is 922. The summed E-state index contributed by atoms with van der Waals surface area (Å²) in [4.78, 5) is 31.5. The highest BCUT2D eigenvalue weighted by molar-refractivity contribution is 6.06. The first kappa shape index (κ1) is 17.8. The number of ether oxygens (including phenoxy) is 1. The Morgan fingerprint density at radius 2 is 2.07 bits per heavy atom. The average molecular weight is 368 g/mol. The predicted octanol–water partition coefficient (Wildman–Crippen LogP) is 3.45. The van der Waals surface area contributed by atoms with E-state index in [2.05, 4.69) is 0 Å². The molecule has 0 spiro atoms. The lowest BCUT2D eigenvalue weighted by molar-refractivity contribution is -0.150. The van der Waals surface area contributed by atoms with E-state index in [1.54, 1.807) is 18.9 Å². The average Bonchev–Trinajstić information content (AvgIpc) is 3.51. The van der Waals surface area contributed by atoms with E-state index in [4.69, 9.17) is 9.72 Å². The number of aromatic nitrogens is 1. The number of pyridine rings is 1. The summed E-state index contributed by atoms with van der Waals surface area (Å²) in [6.07, 6.45) is 3.48. The van der Waals surface area contributed by atoms with Gasteiger partial charge in [-0.15, -0.1) is 0 Å². The fourth-order valence-corrected chi connectivity index (χ4v) is 3.88. The molecule has 1 aromatic heterocycles. The highest BCUT2D eigenvalue weighted by atomic mass is 16.5. The van der Waals surface area contributed by atoms with Crippen molar-refractivity contribution >= 4 is 22.8 Å². The quantitative estimate of drug-likeness (QED) is 0.894. The summed E-state index contributed by atoms with van der Waals surface area (Å²) in [5.41, 5.74) is 1.43. The van der Waals surface area contributed by atoms with Gasteiger partial charge in [-0.25, -0.2) is 0 Å². The zero-order valence-corrected chi connectivity index (χ0v) is 15.7. The van der Waals surface area contributed by atoms with Crippen molar-refractivity contribution in [3.05, 3.63) is 35.5 Å². The standard InChI is InChI=1S/C21H24N2O4/c1-21(20(25)26)8-3-9-23(12-21)19(24)16-11-18(13-4-5-13)22-17-7-6-14(27-2)10-15(16)17/h6-7,10-11,13H,3-5,8-9,12H2,1-2H3,(H,25,26). The Balaban J connectivity index is 1.76. The van der Waals surface area contributed by atoms with Gasteiger partial charge in [-0.05, 0) is 56.9 Å². The number of fused-ring (bicyclic) bond motifs is 1. The lowest BCUT2D eigenvalue weighted by Gasteiger charge is -2.37. The van der Waals surface area contributed by atoms with Gasteiger partial charge in [0.15, 0.2) is 0 Å². The Kier molecular flexibility index (Phi) is 4.29. The monoisotopic (exact) mass is 368 g/mol. The van der Waals surface area contributed by atoms with Gasteiger partial charge in [0.25, 0.3) is 5.91 Å². The van der Waals surface area contributed by atoms with Gasteiger partial charge in [0, 0.05) is 30.1 Å². The van der Waals surface area contributed by atoms with Crippen LogP contribution >= 0.6 is 0 Å². The molecule has 1 aliphatic heterocycles. The molecule has 2 heterocycles. The van der Waals surface area contributed by atoms with E-state index in [0.29, 0.717) is 36.6 Å². The molecular formula is C21H24N2O4. The number of amides is 1. The number of piperidine rings is 1. The zero-order chi connectivity index (χ0) is 19.2. The van der Waals surface area contributed by atoms with Crippen LogP contribution < -0.4 is 4.74 Å². The third-order valence-corrected chi connectivity index (χ3v) is 5.76. The smallest absolute Gasteiger partial charge is 0.311 e. The molecule has 1 amide bonds. The molecule has 0 radical (unpaired) electrons. The lowest BCUT2D eigenvalue weighted by Crippen LogP contribution is -2.48. The molecule has 1 N–H and O–H groups in total. The van der Waals surface area contributed by atoms with E-state index < -0.39 is 11.4 Å². The van der Waals surface area contributed by atoms with Crippen molar-refractivity contribution in [3.63, 3.8) is 0 Å². The van der Waals surface area contributed by atoms with Gasteiger partial charge in [0.05, 0.1) is 23.6 Å². The van der Waals surface area contributed by atoms with E-state index in [-0.39, 0.29) is 12.5 Å². The van der Waals surface area contributed by atoms with Gasteiger partial charge in [0.1, 0.15) is 5.75 Å². The molecule has 1 saturated heterocycles. The first-order valence-electron chi connectivity index (χ1n) is 9.43. The van der Waals surface area contributed by atoms with Crippen LogP contribution in [0.2, 0.25) is 0 Å². The van der Waals surface area contributed by atoms with Gasteiger partial charge >= 0.3 is 5.97 Å². The number of likely N-dealkylation sites (tertiary alicyclic amines) is 1. The fraction of sp³-hybridized carbons (Fsp3) is 0.476. The number of hydrogen-bond donors (Lipinski definition) is 1. The van der Waals surface area contributed by atoms with Crippen molar-refractivity contribution in [2.45, 2.75) is 38.5 Å². The third kappa shape index (κ3) is 3.24. The largest absolute Gasteiger partial charge is 0.497 e. The van der Waals surface area contributed by atoms with Gasteiger partial charge in [-0.3, -0.25) is 14.6 Å². The summed E-state index contributed by atoms with van der Waals surface area (Å²) >= 11 is 0. The lowest BCUT2D eigenvalue weighted by atomic mass is 9.82. The van der Waals surface area contributed by atoms with E-state index in [9.17, 15) is 14.7 Å². The maximum atomic E-state index is 13.4. The van der Waals surface area contributed by atoms with Crippen LogP contribution in [-0.2, 0) is 4.79 Å². The van der Waals surface area contributed by atoms with Crippen molar-refractivity contribution in [2.75, 3.05) is 20.2 Å². The molecule has 1 saturated carbocycles. The maximum Gasteiger partial charge on any atom is 0.311 e. The second-order valence-electron chi connectivity index (χ2n) is 7.95. The van der Waals surface area contributed by atoms with E-state index in [1.165, 1.54) is 0 Å². The SMILES string of the molecule is COc1ccc2nc(C3CC3)cc(C(=O)N3CCCC(C)(C(=O)O)C3)c2c1. The Morgan fingerprint density at radius 3 is 2.74 bits per heavy atom. The number of methoxy groups -OCH3 is 1. The summed E-state index contributed by atoms with van der Waals surface area (Å²) in [5, 5.41) is 10.3. The van der Waals surface area contributed by atoms with Crippen LogP contribution in [0.25, 0.3) is 10.9 Å². The van der Waals surface area contributed by atoms with Crippen LogP contribution in [0.3, 0.4) is 0 Å². The minimum atomic E-state index is -0.895. The summed E-state index contributed by atoms with van der Waals surface area (Å²) in [6.45, 7) is 2.53. The molecule has 2 aromatic rings. The summed E-state index contributed by atoms with van der Waals surface area (Å²) in [6, 6.07) is 7.47. The molecule has 142 valence electrons. The van der Waals surface area contributed by atoms with Crippen molar-refractivity contribution in [3.8, 4) is 5.75 Å². The molecule has 0 bridgehead atoms. The van der Waals surface area contributed by atoms with Crippen LogP contribution in [0.15, 0.2) is 24.3 Å². The van der Waals surface area contributed by atoms with Crippen LogP contribution in [0.1, 0.15) is 54.6 Å². The summed E-state index contributed by atoms with van der Waals surface area (Å²) < 4.78 is 5.33. The molecular weight excluding hydrogens is 344 g/mol. The summed E-state index contributed by atoms with van der Waals surface area (Å²) in [5.74, 6) is 0.130. The third-order valence-electron chi connectivity index (χ3n) is 5.76. The number of aliphatic carboxylic acids is 1. The summed E-state index contributed by atoms with van der Waals surface area (Å²) in [7, 11) is 1.59. The minimum absolute atomic E-state index is 0.121. The first-order valence-corrected chi connectivity index (χ1v) is 9.43. The molecule has 1 unspecified atom stereocenters. The minimum Gasteiger partial charge on any atom is -0.497 e. The Labute approximate surface area is 158 Å². The van der Waals surface area contributed by atoms with Crippen LogP contribution in [0, 0.1) is 5.41 Å².